The van der Waals surface area contributed by atoms with Crippen LogP contribution in [-0.2, 0) is 9.53 Å². The molecule has 0 unspecified atom stereocenters. The van der Waals surface area contributed by atoms with Gasteiger partial charge in [-0.3, -0.25) is 4.99 Å². The minimum absolute atomic E-state index is 0.282. The summed E-state index contributed by atoms with van der Waals surface area (Å²) < 4.78 is 4.38. The molecule has 0 aliphatic heterocycles. The highest BCUT2D eigenvalue weighted by atomic mass is 16.5. The monoisotopic (exact) mass is 141 g/mol. The molecule has 0 aromatic carbocycles. The molecule has 0 rings (SSSR count). The van der Waals surface area contributed by atoms with Gasteiger partial charge in [-0.1, -0.05) is 6.58 Å². The molecule has 0 radical (unpaired) electrons. The van der Waals surface area contributed by atoms with Gasteiger partial charge in [-0.15, -0.1) is 0 Å². The van der Waals surface area contributed by atoms with E-state index in [-0.39, 0.29) is 5.57 Å². The van der Waals surface area contributed by atoms with Crippen LogP contribution in [0.1, 0.15) is 6.92 Å². The van der Waals surface area contributed by atoms with Crippen molar-refractivity contribution in [2.45, 2.75) is 6.92 Å². The van der Waals surface area contributed by atoms with E-state index in [9.17, 15) is 4.79 Å². The number of carbonyl (C=O) groups excluding carboxylic acids is 1. The second-order valence-electron chi connectivity index (χ2n) is 1.64. The van der Waals surface area contributed by atoms with Gasteiger partial charge < -0.3 is 4.74 Å². The molecule has 0 heterocycles. The van der Waals surface area contributed by atoms with Crippen molar-refractivity contribution in [2.75, 3.05) is 13.7 Å². The maximum Gasteiger partial charge on any atom is 0.338 e. The predicted molar refractivity (Wildman–Crippen MR) is 40.2 cm³/mol. The summed E-state index contributed by atoms with van der Waals surface area (Å²) in [4.78, 5) is 14.4. The van der Waals surface area contributed by atoms with Crippen molar-refractivity contribution in [3.8, 4) is 0 Å². The highest BCUT2D eigenvalue weighted by molar-refractivity contribution is 6.08. The Morgan fingerprint density at radius 2 is 2.40 bits per heavy atom. The second-order valence-corrected chi connectivity index (χ2v) is 1.64. The van der Waals surface area contributed by atoms with E-state index < -0.39 is 5.97 Å². The van der Waals surface area contributed by atoms with Gasteiger partial charge in [-0.2, -0.15) is 0 Å². The van der Waals surface area contributed by atoms with Crippen molar-refractivity contribution in [3.05, 3.63) is 12.2 Å². The first kappa shape index (κ1) is 8.88. The van der Waals surface area contributed by atoms with Gasteiger partial charge in [-0.05, 0) is 6.92 Å². The zero-order valence-corrected chi connectivity index (χ0v) is 6.26. The Morgan fingerprint density at radius 1 is 1.80 bits per heavy atom. The van der Waals surface area contributed by atoms with Crippen molar-refractivity contribution in [1.82, 2.24) is 0 Å². The molecule has 0 atom stereocenters. The summed E-state index contributed by atoms with van der Waals surface area (Å²) in [6, 6.07) is 0. The topological polar surface area (TPSA) is 38.7 Å². The summed E-state index contributed by atoms with van der Waals surface area (Å²) in [6.45, 7) is 5.96. The Labute approximate surface area is 60.4 Å². The van der Waals surface area contributed by atoms with Gasteiger partial charge in [0, 0.05) is 12.8 Å². The molecule has 0 saturated heterocycles. The third-order valence-corrected chi connectivity index (χ3v) is 0.877. The summed E-state index contributed by atoms with van der Waals surface area (Å²) in [5.74, 6) is -0.433. The Hall–Kier alpha value is -1.12. The largest absolute Gasteiger partial charge is 0.465 e. The molecule has 0 aliphatic rings. The van der Waals surface area contributed by atoms with Crippen molar-refractivity contribution in [1.29, 1.82) is 0 Å². The zero-order valence-electron chi connectivity index (χ0n) is 6.26. The van der Waals surface area contributed by atoms with Gasteiger partial charge in [0.05, 0.1) is 12.7 Å². The van der Waals surface area contributed by atoms with Gasteiger partial charge in [0.2, 0.25) is 0 Å². The highest BCUT2D eigenvalue weighted by Gasteiger charge is 2.00. The van der Waals surface area contributed by atoms with E-state index in [1.165, 1.54) is 13.3 Å². The summed E-state index contributed by atoms with van der Waals surface area (Å²) in [6.07, 6.45) is 1.41. The number of aliphatic imine (C=N–C) groups is 1. The highest BCUT2D eigenvalue weighted by Crippen LogP contribution is 1.88. The lowest BCUT2D eigenvalue weighted by atomic mass is 10.3. The normalized spacial score (nSPS) is 9.80. The van der Waals surface area contributed by atoms with Gasteiger partial charge in [-0.25, -0.2) is 4.79 Å². The van der Waals surface area contributed by atoms with Crippen molar-refractivity contribution >= 4 is 12.2 Å². The summed E-state index contributed by atoms with van der Waals surface area (Å²) in [7, 11) is 1.31. The van der Waals surface area contributed by atoms with Gasteiger partial charge in [0.25, 0.3) is 0 Å². The van der Waals surface area contributed by atoms with E-state index in [0.29, 0.717) is 6.54 Å². The van der Waals surface area contributed by atoms with E-state index in [2.05, 4.69) is 16.3 Å². The van der Waals surface area contributed by atoms with Gasteiger partial charge in [0.1, 0.15) is 0 Å². The number of methoxy groups -OCH3 is 1. The first-order valence-electron chi connectivity index (χ1n) is 2.99. The molecule has 0 fully saturated rings. The van der Waals surface area contributed by atoms with Crippen LogP contribution in [0.15, 0.2) is 17.1 Å². The molecule has 0 N–H and O–H groups in total. The predicted octanol–water partition coefficient (Wildman–Crippen LogP) is 0.806. The molecule has 3 nitrogen and oxygen atoms in total. The van der Waals surface area contributed by atoms with Crippen molar-refractivity contribution in [3.63, 3.8) is 0 Å². The average molecular weight is 141 g/mol. The maximum atomic E-state index is 10.6. The standard InChI is InChI=1S/C7H11NO2/c1-4-8-5-6(2)7(9)10-3/h5H,2,4H2,1,3H3. The number of rotatable bonds is 3. The fourth-order valence-electron chi connectivity index (χ4n) is 0.385. The van der Waals surface area contributed by atoms with Gasteiger partial charge >= 0.3 is 5.97 Å². The molecule has 0 aromatic rings. The molecule has 10 heavy (non-hydrogen) atoms. The van der Waals surface area contributed by atoms with Crippen molar-refractivity contribution in [2.24, 2.45) is 4.99 Å². The molecule has 0 spiro atoms. The average Bonchev–Trinajstić information content (AvgIpc) is 1.98. The molecule has 3 heteroatoms. The number of hydrogen-bond acceptors (Lipinski definition) is 3. The number of hydrogen-bond donors (Lipinski definition) is 0. The lowest BCUT2D eigenvalue weighted by molar-refractivity contribution is -0.135. The van der Waals surface area contributed by atoms with Crippen LogP contribution in [0.2, 0.25) is 0 Å². The van der Waals surface area contributed by atoms with E-state index in [4.69, 9.17) is 0 Å². The first-order valence-corrected chi connectivity index (χ1v) is 2.99. The first-order chi connectivity index (χ1) is 4.72. The number of esters is 1. The third-order valence-electron chi connectivity index (χ3n) is 0.877. The third kappa shape index (κ3) is 3.02. The Kier molecular flexibility index (Phi) is 4.20. The Balaban J connectivity index is 3.85. The Morgan fingerprint density at radius 3 is 2.80 bits per heavy atom. The van der Waals surface area contributed by atoms with Crippen LogP contribution in [0, 0.1) is 0 Å². The summed E-state index contributed by atoms with van der Waals surface area (Å²) >= 11 is 0. The van der Waals surface area contributed by atoms with Crippen LogP contribution in [0.25, 0.3) is 0 Å². The molecular formula is C7H11NO2. The smallest absolute Gasteiger partial charge is 0.338 e. The second kappa shape index (κ2) is 4.73. The lowest BCUT2D eigenvalue weighted by Crippen LogP contribution is -2.04. The quantitative estimate of drug-likeness (QED) is 0.331. The van der Waals surface area contributed by atoms with Crippen LogP contribution < -0.4 is 0 Å². The molecule has 56 valence electrons. The van der Waals surface area contributed by atoms with E-state index in [0.717, 1.165) is 0 Å². The minimum Gasteiger partial charge on any atom is -0.465 e. The molecule has 0 bridgehead atoms. The molecular weight excluding hydrogens is 130 g/mol. The van der Waals surface area contributed by atoms with Crippen LogP contribution in [0.4, 0.5) is 0 Å². The minimum atomic E-state index is -0.433. The fourth-order valence-corrected chi connectivity index (χ4v) is 0.385. The number of nitrogens with zero attached hydrogens (tertiary/aromatic N) is 1. The number of ether oxygens (including phenoxy) is 1. The molecule has 0 aliphatic carbocycles. The molecule has 0 aromatic heterocycles. The maximum absolute atomic E-state index is 10.6. The van der Waals surface area contributed by atoms with Crippen LogP contribution >= 0.6 is 0 Å². The fraction of sp³-hybridized carbons (Fsp3) is 0.429. The van der Waals surface area contributed by atoms with E-state index >= 15 is 0 Å². The Bertz CT molecular complexity index is 161. The van der Waals surface area contributed by atoms with Gasteiger partial charge in [0.15, 0.2) is 0 Å². The summed E-state index contributed by atoms with van der Waals surface area (Å²) in [5, 5.41) is 0. The van der Waals surface area contributed by atoms with E-state index in [1.807, 2.05) is 6.92 Å². The zero-order chi connectivity index (χ0) is 7.98. The van der Waals surface area contributed by atoms with E-state index in [1.54, 1.807) is 0 Å². The number of carbonyl (C=O) groups is 1. The molecule has 0 amide bonds. The van der Waals surface area contributed by atoms with Crippen LogP contribution in [-0.4, -0.2) is 25.8 Å². The summed E-state index contributed by atoms with van der Waals surface area (Å²) in [5.41, 5.74) is 0.282. The lowest BCUT2D eigenvalue weighted by Gasteiger charge is -1.94. The SMILES string of the molecule is C=C(C=NCC)C(=O)OC. The van der Waals surface area contributed by atoms with Crippen LogP contribution in [0.3, 0.4) is 0 Å². The van der Waals surface area contributed by atoms with Crippen molar-refractivity contribution < 1.29 is 9.53 Å². The molecule has 0 saturated carbocycles. The van der Waals surface area contributed by atoms with Crippen LogP contribution in [0.5, 0.6) is 0 Å².